The van der Waals surface area contributed by atoms with Crippen LogP contribution >= 0.6 is 23.2 Å². The maximum absolute atomic E-state index is 6.42. The molecule has 26 heavy (non-hydrogen) atoms. The van der Waals surface area contributed by atoms with Crippen molar-refractivity contribution in [2.24, 2.45) is 0 Å². The van der Waals surface area contributed by atoms with Crippen LogP contribution in [0.5, 0.6) is 0 Å². The van der Waals surface area contributed by atoms with Gasteiger partial charge in [0.25, 0.3) is 0 Å². The standard InChI is InChI=1S/C22H18Cl2N2/c1-15-7-2-3-8-16(15)13-22-25-20-11-4-5-12-21(20)26(22)14-17-18(23)9-6-10-19(17)24/h2-12H,13-14H2,1H3. The van der Waals surface area contributed by atoms with Gasteiger partial charge in [-0.15, -0.1) is 0 Å². The van der Waals surface area contributed by atoms with Crippen molar-refractivity contribution in [3.63, 3.8) is 0 Å². The highest BCUT2D eigenvalue weighted by atomic mass is 35.5. The Balaban J connectivity index is 1.83. The van der Waals surface area contributed by atoms with Gasteiger partial charge in [-0.1, -0.05) is 65.7 Å². The Morgan fingerprint density at radius 2 is 1.54 bits per heavy atom. The van der Waals surface area contributed by atoms with Crippen molar-refractivity contribution in [2.45, 2.75) is 19.9 Å². The minimum Gasteiger partial charge on any atom is -0.323 e. The van der Waals surface area contributed by atoms with E-state index in [1.165, 1.54) is 11.1 Å². The van der Waals surface area contributed by atoms with E-state index in [2.05, 4.69) is 41.8 Å². The monoisotopic (exact) mass is 380 g/mol. The predicted octanol–water partition coefficient (Wildman–Crippen LogP) is 6.29. The molecule has 0 radical (unpaired) electrons. The maximum Gasteiger partial charge on any atom is 0.114 e. The number of hydrogen-bond acceptors (Lipinski definition) is 1. The second-order valence-corrected chi connectivity index (χ2v) is 7.22. The zero-order valence-corrected chi connectivity index (χ0v) is 15.9. The fraction of sp³-hybridized carbons (Fsp3) is 0.136. The molecule has 0 atom stereocenters. The topological polar surface area (TPSA) is 17.8 Å². The van der Waals surface area contributed by atoms with Crippen molar-refractivity contribution in [3.8, 4) is 0 Å². The summed E-state index contributed by atoms with van der Waals surface area (Å²) in [6, 6.07) is 22.2. The molecule has 0 unspecified atom stereocenters. The average Bonchev–Trinajstić information content (AvgIpc) is 2.97. The van der Waals surface area contributed by atoms with E-state index < -0.39 is 0 Å². The lowest BCUT2D eigenvalue weighted by molar-refractivity contribution is 0.761. The number of aryl methyl sites for hydroxylation is 1. The number of para-hydroxylation sites is 2. The number of fused-ring (bicyclic) bond motifs is 1. The van der Waals surface area contributed by atoms with Crippen LogP contribution in [0.4, 0.5) is 0 Å². The number of rotatable bonds is 4. The normalized spacial score (nSPS) is 11.2. The highest BCUT2D eigenvalue weighted by Crippen LogP contribution is 2.28. The van der Waals surface area contributed by atoms with E-state index in [1.54, 1.807) is 0 Å². The van der Waals surface area contributed by atoms with Crippen LogP contribution in [0.15, 0.2) is 66.7 Å². The van der Waals surface area contributed by atoms with Gasteiger partial charge in [0.2, 0.25) is 0 Å². The van der Waals surface area contributed by atoms with E-state index >= 15 is 0 Å². The van der Waals surface area contributed by atoms with Gasteiger partial charge in [-0.3, -0.25) is 0 Å². The zero-order chi connectivity index (χ0) is 18.1. The highest BCUT2D eigenvalue weighted by molar-refractivity contribution is 6.36. The fourth-order valence-electron chi connectivity index (χ4n) is 3.26. The first-order valence-corrected chi connectivity index (χ1v) is 9.30. The number of hydrogen-bond donors (Lipinski definition) is 0. The SMILES string of the molecule is Cc1ccccc1Cc1nc2ccccc2n1Cc1c(Cl)cccc1Cl. The van der Waals surface area contributed by atoms with Crippen LogP contribution in [0, 0.1) is 6.92 Å². The summed E-state index contributed by atoms with van der Waals surface area (Å²) in [5.41, 5.74) is 5.53. The predicted molar refractivity (Wildman–Crippen MR) is 109 cm³/mol. The molecule has 4 aromatic rings. The molecule has 4 rings (SSSR count). The summed E-state index contributed by atoms with van der Waals surface area (Å²) in [4.78, 5) is 4.88. The maximum atomic E-state index is 6.42. The Kier molecular flexibility index (Phi) is 4.71. The third-order valence-electron chi connectivity index (χ3n) is 4.72. The summed E-state index contributed by atoms with van der Waals surface area (Å²) < 4.78 is 2.22. The minimum atomic E-state index is 0.597. The molecule has 1 heterocycles. The second-order valence-electron chi connectivity index (χ2n) is 6.41. The van der Waals surface area contributed by atoms with Crippen LogP contribution in [0.25, 0.3) is 11.0 Å². The van der Waals surface area contributed by atoms with Crippen LogP contribution in [-0.4, -0.2) is 9.55 Å². The van der Waals surface area contributed by atoms with Gasteiger partial charge in [0, 0.05) is 22.0 Å². The van der Waals surface area contributed by atoms with Gasteiger partial charge < -0.3 is 4.57 Å². The Hall–Kier alpha value is -2.29. The molecule has 0 saturated carbocycles. The Morgan fingerprint density at radius 1 is 0.846 bits per heavy atom. The van der Waals surface area contributed by atoms with Crippen LogP contribution in [0.1, 0.15) is 22.5 Å². The first-order valence-electron chi connectivity index (χ1n) is 8.55. The van der Waals surface area contributed by atoms with Crippen LogP contribution in [0.3, 0.4) is 0 Å². The van der Waals surface area contributed by atoms with Gasteiger partial charge in [-0.2, -0.15) is 0 Å². The first-order chi connectivity index (χ1) is 12.6. The highest BCUT2D eigenvalue weighted by Gasteiger charge is 2.15. The summed E-state index contributed by atoms with van der Waals surface area (Å²) in [5.74, 6) is 1.01. The number of nitrogens with zero attached hydrogens (tertiary/aromatic N) is 2. The van der Waals surface area contributed by atoms with Crippen molar-refractivity contribution < 1.29 is 0 Å². The van der Waals surface area contributed by atoms with Gasteiger partial charge in [0.1, 0.15) is 5.82 Å². The molecule has 0 N–H and O–H groups in total. The molecule has 4 heteroatoms. The minimum absolute atomic E-state index is 0.597. The molecular formula is C22H18Cl2N2. The molecule has 0 saturated heterocycles. The number of halogens is 2. The fourth-order valence-corrected chi connectivity index (χ4v) is 3.77. The van der Waals surface area contributed by atoms with Gasteiger partial charge >= 0.3 is 0 Å². The molecule has 0 spiro atoms. The molecule has 3 aromatic carbocycles. The lowest BCUT2D eigenvalue weighted by Gasteiger charge is -2.13. The summed E-state index contributed by atoms with van der Waals surface area (Å²) >= 11 is 12.8. The molecular weight excluding hydrogens is 363 g/mol. The average molecular weight is 381 g/mol. The van der Waals surface area contributed by atoms with E-state index in [-0.39, 0.29) is 0 Å². The molecule has 0 aliphatic heterocycles. The van der Waals surface area contributed by atoms with E-state index in [0.29, 0.717) is 16.6 Å². The third-order valence-corrected chi connectivity index (χ3v) is 5.43. The molecule has 130 valence electrons. The van der Waals surface area contributed by atoms with Crippen molar-refractivity contribution in [2.75, 3.05) is 0 Å². The summed E-state index contributed by atoms with van der Waals surface area (Å²) in [6.45, 7) is 2.73. The summed E-state index contributed by atoms with van der Waals surface area (Å²) in [6.07, 6.45) is 0.767. The van der Waals surface area contributed by atoms with Crippen molar-refractivity contribution >= 4 is 34.2 Å². The smallest absolute Gasteiger partial charge is 0.114 e. The second kappa shape index (κ2) is 7.14. The molecule has 1 aromatic heterocycles. The lowest BCUT2D eigenvalue weighted by Crippen LogP contribution is -2.07. The number of benzene rings is 3. The molecule has 2 nitrogen and oxygen atoms in total. The van der Waals surface area contributed by atoms with Gasteiger partial charge in [-0.05, 0) is 42.3 Å². The Bertz CT molecular complexity index is 1060. The van der Waals surface area contributed by atoms with Crippen LogP contribution < -0.4 is 0 Å². The summed E-state index contributed by atoms with van der Waals surface area (Å²) in [7, 11) is 0. The molecule has 0 bridgehead atoms. The largest absolute Gasteiger partial charge is 0.323 e. The molecule has 0 aliphatic rings. The quantitative estimate of drug-likeness (QED) is 0.406. The van der Waals surface area contributed by atoms with Gasteiger partial charge in [0.05, 0.1) is 17.6 Å². The number of aromatic nitrogens is 2. The van der Waals surface area contributed by atoms with Crippen LogP contribution in [-0.2, 0) is 13.0 Å². The van der Waals surface area contributed by atoms with E-state index in [0.717, 1.165) is 28.8 Å². The number of imidazole rings is 1. The van der Waals surface area contributed by atoms with E-state index in [4.69, 9.17) is 28.2 Å². The first kappa shape index (κ1) is 17.1. The van der Waals surface area contributed by atoms with E-state index in [9.17, 15) is 0 Å². The van der Waals surface area contributed by atoms with Crippen molar-refractivity contribution in [3.05, 3.63) is 99.3 Å². The zero-order valence-electron chi connectivity index (χ0n) is 14.4. The Labute approximate surface area is 163 Å². The molecule has 0 amide bonds. The van der Waals surface area contributed by atoms with Crippen LogP contribution in [0.2, 0.25) is 10.0 Å². The van der Waals surface area contributed by atoms with E-state index in [1.807, 2.05) is 36.4 Å². The van der Waals surface area contributed by atoms with Crippen molar-refractivity contribution in [1.29, 1.82) is 0 Å². The lowest BCUT2D eigenvalue weighted by atomic mass is 10.1. The van der Waals surface area contributed by atoms with Gasteiger partial charge in [-0.25, -0.2) is 4.98 Å². The van der Waals surface area contributed by atoms with Gasteiger partial charge in [0.15, 0.2) is 0 Å². The Morgan fingerprint density at radius 3 is 2.31 bits per heavy atom. The van der Waals surface area contributed by atoms with Crippen molar-refractivity contribution in [1.82, 2.24) is 9.55 Å². The molecule has 0 fully saturated rings. The third kappa shape index (κ3) is 3.23. The molecule has 0 aliphatic carbocycles. The summed E-state index contributed by atoms with van der Waals surface area (Å²) in [5, 5.41) is 1.36.